The van der Waals surface area contributed by atoms with E-state index in [1.54, 1.807) is 25.0 Å². The molecule has 0 radical (unpaired) electrons. The van der Waals surface area contributed by atoms with Crippen LogP contribution in [0.25, 0.3) is 21.9 Å². The average Bonchev–Trinajstić information content (AvgIpc) is 3.16. The zero-order valence-corrected chi connectivity index (χ0v) is 17.8. The van der Waals surface area contributed by atoms with Crippen LogP contribution in [0.2, 0.25) is 0 Å². The predicted molar refractivity (Wildman–Crippen MR) is 122 cm³/mol. The van der Waals surface area contributed by atoms with Crippen LogP contribution in [-0.2, 0) is 9.59 Å². The van der Waals surface area contributed by atoms with Crippen molar-refractivity contribution in [1.29, 1.82) is 0 Å². The van der Waals surface area contributed by atoms with Gasteiger partial charge in [0.05, 0.1) is 18.5 Å². The predicted octanol–water partition coefficient (Wildman–Crippen LogP) is 4.74. The van der Waals surface area contributed by atoms with Gasteiger partial charge in [-0.2, -0.15) is 0 Å². The summed E-state index contributed by atoms with van der Waals surface area (Å²) in [6, 6.07) is 18.7. The molecule has 1 aromatic heterocycles. The number of methoxy groups -OCH3 is 1. The van der Waals surface area contributed by atoms with E-state index in [9.17, 15) is 9.59 Å². The fourth-order valence-corrected chi connectivity index (χ4v) is 4.03. The van der Waals surface area contributed by atoms with Crippen molar-refractivity contribution in [2.45, 2.75) is 19.4 Å². The average molecular weight is 430 g/mol. The van der Waals surface area contributed by atoms with Gasteiger partial charge in [0.2, 0.25) is 5.91 Å². The number of para-hydroxylation sites is 3. The molecule has 1 aliphatic heterocycles. The Labute approximate surface area is 184 Å². The Morgan fingerprint density at radius 2 is 1.84 bits per heavy atom. The van der Waals surface area contributed by atoms with Gasteiger partial charge in [-0.25, -0.2) is 0 Å². The molecule has 2 amide bonds. The van der Waals surface area contributed by atoms with Crippen LogP contribution in [0.1, 0.15) is 13.3 Å². The summed E-state index contributed by atoms with van der Waals surface area (Å²) in [6.07, 6.45) is -0.475. The van der Waals surface area contributed by atoms with E-state index < -0.39 is 6.10 Å². The third kappa shape index (κ3) is 3.41. The highest BCUT2D eigenvalue weighted by Crippen LogP contribution is 2.37. The first kappa shape index (κ1) is 19.9. The Balaban J connectivity index is 1.36. The Bertz CT molecular complexity index is 1340. The van der Waals surface area contributed by atoms with Crippen molar-refractivity contribution in [3.05, 3.63) is 60.7 Å². The number of benzene rings is 3. The number of carbonyl (C=O) groups is 2. The largest absolute Gasteiger partial charge is 0.495 e. The maximum Gasteiger partial charge on any atom is 0.267 e. The summed E-state index contributed by atoms with van der Waals surface area (Å²) in [5.41, 5.74) is 2.62. The van der Waals surface area contributed by atoms with Crippen molar-refractivity contribution in [2.24, 2.45) is 0 Å². The molecule has 0 saturated heterocycles. The van der Waals surface area contributed by atoms with Crippen molar-refractivity contribution < 1.29 is 23.5 Å². The SMILES string of the molecule is COc1cc2c(cc1NC(=O)CCN1C(=O)C(C)Oc3ccccc31)oc1ccccc12. The van der Waals surface area contributed by atoms with E-state index >= 15 is 0 Å². The van der Waals surface area contributed by atoms with Crippen molar-refractivity contribution in [3.8, 4) is 11.5 Å². The lowest BCUT2D eigenvalue weighted by molar-refractivity contribution is -0.125. The Hall–Kier alpha value is -4.00. The molecule has 5 rings (SSSR count). The van der Waals surface area contributed by atoms with E-state index in [1.165, 1.54) is 0 Å². The van der Waals surface area contributed by atoms with Gasteiger partial charge in [-0.05, 0) is 31.2 Å². The minimum absolute atomic E-state index is 0.119. The van der Waals surface area contributed by atoms with Gasteiger partial charge >= 0.3 is 0 Å². The van der Waals surface area contributed by atoms with Crippen LogP contribution in [0, 0.1) is 0 Å². The van der Waals surface area contributed by atoms with Gasteiger partial charge in [0.15, 0.2) is 6.10 Å². The molecule has 1 unspecified atom stereocenters. The summed E-state index contributed by atoms with van der Waals surface area (Å²) in [4.78, 5) is 27.0. The molecule has 0 saturated carbocycles. The molecular weight excluding hydrogens is 408 g/mol. The number of anilines is 2. The molecular formula is C25H22N2O5. The first-order valence-corrected chi connectivity index (χ1v) is 10.4. The molecule has 1 atom stereocenters. The molecule has 162 valence electrons. The second kappa shape index (κ2) is 7.92. The molecule has 0 aliphatic carbocycles. The number of furan rings is 1. The standard InChI is InChI=1S/C25H22N2O5/c1-15-25(29)27(19-8-4-6-10-21(19)31-15)12-11-24(28)26-18-14-22-17(13-23(18)30-2)16-7-3-5-9-20(16)32-22/h3-10,13-15H,11-12H2,1-2H3,(H,26,28). The van der Waals surface area contributed by atoms with Gasteiger partial charge in [-0.1, -0.05) is 30.3 Å². The number of ether oxygens (including phenoxy) is 2. The van der Waals surface area contributed by atoms with Crippen molar-refractivity contribution in [2.75, 3.05) is 23.9 Å². The third-order valence-electron chi connectivity index (χ3n) is 5.61. The number of rotatable bonds is 5. The molecule has 1 N–H and O–H groups in total. The van der Waals surface area contributed by atoms with Gasteiger partial charge < -0.3 is 24.1 Å². The number of amides is 2. The summed E-state index contributed by atoms with van der Waals surface area (Å²) in [5, 5.41) is 4.79. The molecule has 32 heavy (non-hydrogen) atoms. The zero-order chi connectivity index (χ0) is 22.2. The van der Waals surface area contributed by atoms with Crippen LogP contribution >= 0.6 is 0 Å². The maximum atomic E-state index is 12.8. The molecule has 0 spiro atoms. The molecule has 2 heterocycles. The molecule has 0 bridgehead atoms. The third-order valence-corrected chi connectivity index (χ3v) is 5.61. The van der Waals surface area contributed by atoms with Gasteiger partial charge in [-0.3, -0.25) is 9.59 Å². The van der Waals surface area contributed by atoms with Crippen LogP contribution in [0.5, 0.6) is 11.5 Å². The van der Waals surface area contributed by atoms with Crippen molar-refractivity contribution >= 4 is 45.1 Å². The number of hydrogen-bond donors (Lipinski definition) is 1. The number of nitrogens with one attached hydrogen (secondary N) is 1. The van der Waals surface area contributed by atoms with E-state index in [-0.39, 0.29) is 24.8 Å². The highest BCUT2D eigenvalue weighted by atomic mass is 16.5. The topological polar surface area (TPSA) is 81.0 Å². The fourth-order valence-electron chi connectivity index (χ4n) is 4.03. The zero-order valence-electron chi connectivity index (χ0n) is 17.8. The summed E-state index contributed by atoms with van der Waals surface area (Å²) < 4.78 is 17.1. The normalized spacial score (nSPS) is 15.5. The number of nitrogens with zero attached hydrogens (tertiary/aromatic N) is 1. The summed E-state index contributed by atoms with van der Waals surface area (Å²) >= 11 is 0. The van der Waals surface area contributed by atoms with Crippen LogP contribution < -0.4 is 19.7 Å². The van der Waals surface area contributed by atoms with Crippen molar-refractivity contribution in [1.82, 2.24) is 0 Å². The first-order valence-electron chi connectivity index (χ1n) is 10.4. The van der Waals surface area contributed by atoms with E-state index in [0.717, 1.165) is 16.4 Å². The summed E-state index contributed by atoms with van der Waals surface area (Å²) in [7, 11) is 1.56. The molecule has 0 fully saturated rings. The summed E-state index contributed by atoms with van der Waals surface area (Å²) in [5.74, 6) is 0.775. The number of hydrogen-bond acceptors (Lipinski definition) is 5. The number of fused-ring (bicyclic) bond motifs is 4. The van der Waals surface area contributed by atoms with Crippen LogP contribution in [0.4, 0.5) is 11.4 Å². The Morgan fingerprint density at radius 3 is 2.69 bits per heavy atom. The monoisotopic (exact) mass is 430 g/mol. The van der Waals surface area contributed by atoms with Gasteiger partial charge in [0.1, 0.15) is 22.7 Å². The van der Waals surface area contributed by atoms with Crippen LogP contribution in [0.15, 0.2) is 65.1 Å². The van der Waals surface area contributed by atoms with E-state index in [4.69, 9.17) is 13.9 Å². The maximum absolute atomic E-state index is 12.8. The molecule has 1 aliphatic rings. The molecule has 3 aromatic carbocycles. The lowest BCUT2D eigenvalue weighted by Gasteiger charge is -2.32. The second-order valence-electron chi connectivity index (χ2n) is 7.66. The lowest BCUT2D eigenvalue weighted by atomic mass is 10.1. The molecule has 7 nitrogen and oxygen atoms in total. The quantitative estimate of drug-likeness (QED) is 0.495. The lowest BCUT2D eigenvalue weighted by Crippen LogP contribution is -2.45. The van der Waals surface area contributed by atoms with E-state index in [1.807, 2.05) is 54.6 Å². The Morgan fingerprint density at radius 1 is 1.06 bits per heavy atom. The Kier molecular flexibility index (Phi) is 4.93. The smallest absolute Gasteiger partial charge is 0.267 e. The minimum atomic E-state index is -0.594. The van der Waals surface area contributed by atoms with Gasteiger partial charge in [0, 0.05) is 29.8 Å². The minimum Gasteiger partial charge on any atom is -0.495 e. The highest BCUT2D eigenvalue weighted by molar-refractivity contribution is 6.08. The van der Waals surface area contributed by atoms with Gasteiger partial charge in [-0.15, -0.1) is 0 Å². The summed E-state index contributed by atoms with van der Waals surface area (Å²) in [6.45, 7) is 1.95. The number of carbonyl (C=O) groups excluding carboxylic acids is 2. The van der Waals surface area contributed by atoms with Gasteiger partial charge in [0.25, 0.3) is 5.91 Å². The van der Waals surface area contributed by atoms with Crippen molar-refractivity contribution in [3.63, 3.8) is 0 Å². The second-order valence-corrected chi connectivity index (χ2v) is 7.66. The van der Waals surface area contributed by atoms with Crippen LogP contribution in [0.3, 0.4) is 0 Å². The van der Waals surface area contributed by atoms with E-state index in [0.29, 0.717) is 28.5 Å². The van der Waals surface area contributed by atoms with Crippen LogP contribution in [-0.4, -0.2) is 31.6 Å². The molecule has 4 aromatic rings. The fraction of sp³-hybridized carbons (Fsp3) is 0.200. The van der Waals surface area contributed by atoms with E-state index in [2.05, 4.69) is 5.32 Å². The highest BCUT2D eigenvalue weighted by Gasteiger charge is 2.31. The first-order chi connectivity index (χ1) is 15.5. The molecule has 7 heteroatoms.